The zero-order valence-electron chi connectivity index (χ0n) is 25.5. The first-order chi connectivity index (χ1) is 21.4. The molecule has 0 unspecified atom stereocenters. The van der Waals surface area contributed by atoms with Gasteiger partial charge in [-0.05, 0) is 0 Å². The van der Waals surface area contributed by atoms with Crippen molar-refractivity contribution in [3.05, 3.63) is 156 Å². The van der Waals surface area contributed by atoms with Gasteiger partial charge in [0.15, 0.2) is 0 Å². The zero-order valence-corrected chi connectivity index (χ0v) is 30.7. The summed E-state index contributed by atoms with van der Waals surface area (Å²) < 4.78 is 0.363. The van der Waals surface area contributed by atoms with Gasteiger partial charge in [-0.2, -0.15) is 0 Å². The molecule has 0 atom stereocenters. The van der Waals surface area contributed by atoms with Crippen LogP contribution in [0.15, 0.2) is 143 Å². The molecule has 44 heavy (non-hydrogen) atoms. The average molecular weight is 801 g/mol. The first-order valence-corrected chi connectivity index (χ1v) is 18.7. The van der Waals surface area contributed by atoms with Crippen LogP contribution in [0.5, 0.6) is 0 Å². The van der Waals surface area contributed by atoms with Gasteiger partial charge in [-0.1, -0.05) is 0 Å². The second-order valence-electron chi connectivity index (χ2n) is 11.4. The van der Waals surface area contributed by atoms with Crippen molar-refractivity contribution in [3.63, 3.8) is 0 Å². The Labute approximate surface area is 286 Å². The summed E-state index contributed by atoms with van der Waals surface area (Å²) in [5.74, 6) is 0. The van der Waals surface area contributed by atoms with Crippen LogP contribution in [0.1, 0.15) is 22.3 Å². The SMILES string of the molecule is Cc1ccc(-c2cccc(-c3ccc(C)cc3)c2S[CH]([Bi])Sc2c(-c3ccc(C)cc3)cccc2-c2ccc(C)cc2)cc1. The average Bonchev–Trinajstić information content (AvgIpc) is 3.03. The molecule has 0 aromatic heterocycles. The molecule has 6 aromatic carbocycles. The molecule has 0 nitrogen and oxygen atoms in total. The number of hydrogen-bond acceptors (Lipinski definition) is 2. The van der Waals surface area contributed by atoms with Crippen molar-refractivity contribution < 1.29 is 0 Å². The van der Waals surface area contributed by atoms with Crippen molar-refractivity contribution >= 4 is 48.2 Å². The van der Waals surface area contributed by atoms with Gasteiger partial charge in [0, 0.05) is 0 Å². The van der Waals surface area contributed by atoms with Crippen molar-refractivity contribution in [3.8, 4) is 44.5 Å². The van der Waals surface area contributed by atoms with Crippen molar-refractivity contribution in [2.24, 2.45) is 0 Å². The van der Waals surface area contributed by atoms with Crippen LogP contribution in [-0.2, 0) is 0 Å². The molecule has 0 aliphatic rings. The molecule has 0 aliphatic heterocycles. The maximum atomic E-state index is 2.29. The number of hydrogen-bond donors (Lipinski definition) is 0. The van der Waals surface area contributed by atoms with E-state index in [0.717, 1.165) is 0 Å². The van der Waals surface area contributed by atoms with Gasteiger partial charge < -0.3 is 0 Å². The molecule has 0 amide bonds. The number of rotatable bonds is 8. The Morgan fingerprint density at radius 3 is 0.818 bits per heavy atom. The van der Waals surface area contributed by atoms with E-state index in [0.29, 0.717) is 2.29 Å². The Balaban J connectivity index is 1.44. The normalized spacial score (nSPS) is 11.2. The van der Waals surface area contributed by atoms with Crippen LogP contribution in [-0.4, -0.2) is 27.0 Å². The summed E-state index contributed by atoms with van der Waals surface area (Å²) in [7, 11) is 0. The van der Waals surface area contributed by atoms with E-state index in [9.17, 15) is 0 Å². The van der Waals surface area contributed by atoms with E-state index < -0.39 is 0 Å². The Morgan fingerprint density at radius 2 is 0.591 bits per heavy atom. The third-order valence-corrected chi connectivity index (χ3v) is 12.7. The maximum absolute atomic E-state index is 2.29. The van der Waals surface area contributed by atoms with E-state index in [4.69, 9.17) is 0 Å². The summed E-state index contributed by atoms with van der Waals surface area (Å²) >= 11 is 5.32. The predicted molar refractivity (Wildman–Crippen MR) is 195 cm³/mol. The Hall–Kier alpha value is -3.10. The summed E-state index contributed by atoms with van der Waals surface area (Å²) in [6.07, 6.45) is 0. The van der Waals surface area contributed by atoms with Gasteiger partial charge in [0.2, 0.25) is 0 Å². The zero-order chi connectivity index (χ0) is 30.6. The summed E-state index contributed by atoms with van der Waals surface area (Å²) in [4.78, 5) is 2.70. The molecule has 0 saturated heterocycles. The molecular weight excluding hydrogens is 766 g/mol. The minimum absolute atomic E-state index is 0.363. The van der Waals surface area contributed by atoms with Crippen LogP contribution in [0.25, 0.3) is 44.5 Å². The van der Waals surface area contributed by atoms with E-state index in [2.05, 4.69) is 161 Å². The standard InChI is InChI=1S/C41H35S2.Bi/c1-28-11-19-32(20-12-28)36-7-5-8-37(33-21-13-29(2)14-22-33)40(36)42-27-43-41-38(34-23-15-30(3)16-24-34)9-6-10-39(41)35-25-17-31(4)18-26-35;/h5-27H,1-4H3;. The topological polar surface area (TPSA) is 0 Å². The van der Waals surface area contributed by atoms with Crippen LogP contribution < -0.4 is 0 Å². The van der Waals surface area contributed by atoms with Gasteiger partial charge in [-0.3, -0.25) is 0 Å². The molecule has 6 aromatic rings. The quantitative estimate of drug-likeness (QED) is 0.0854. The molecule has 0 heterocycles. The molecule has 0 bridgehead atoms. The molecule has 0 saturated carbocycles. The number of benzene rings is 6. The van der Waals surface area contributed by atoms with Crippen molar-refractivity contribution in [1.29, 1.82) is 0 Å². The molecule has 0 fully saturated rings. The molecule has 6 rings (SSSR count). The second kappa shape index (κ2) is 13.9. The summed E-state index contributed by atoms with van der Waals surface area (Å²) in [6, 6.07) is 49.5. The van der Waals surface area contributed by atoms with Crippen molar-refractivity contribution in [2.75, 3.05) is 0 Å². The van der Waals surface area contributed by atoms with Gasteiger partial charge in [0.25, 0.3) is 0 Å². The van der Waals surface area contributed by atoms with Gasteiger partial charge in [0.1, 0.15) is 0 Å². The molecular formula is C41H35BiS2. The molecule has 0 N–H and O–H groups in total. The minimum atomic E-state index is 0.363. The Bertz CT molecular complexity index is 1600. The van der Waals surface area contributed by atoms with E-state index in [1.165, 1.54) is 101 Å². The van der Waals surface area contributed by atoms with E-state index in [-0.39, 0.29) is 0 Å². The van der Waals surface area contributed by atoms with Crippen molar-refractivity contribution in [1.82, 2.24) is 0 Å². The van der Waals surface area contributed by atoms with Crippen LogP contribution in [0.3, 0.4) is 0 Å². The fourth-order valence-corrected chi connectivity index (χ4v) is 10.3. The molecule has 3 heteroatoms. The van der Waals surface area contributed by atoms with Crippen LogP contribution in [0, 0.1) is 27.7 Å². The molecule has 0 spiro atoms. The second-order valence-corrected chi connectivity index (χ2v) is 18.8. The van der Waals surface area contributed by atoms with Gasteiger partial charge in [-0.15, -0.1) is 0 Å². The van der Waals surface area contributed by atoms with Gasteiger partial charge >= 0.3 is 288 Å². The monoisotopic (exact) mass is 800 g/mol. The summed E-state index contributed by atoms with van der Waals surface area (Å²) in [5, 5.41) is 0. The predicted octanol–water partition coefficient (Wildman–Crippen LogP) is 11.9. The molecule has 216 valence electrons. The first kappa shape index (κ1) is 30.9. The summed E-state index contributed by atoms with van der Waals surface area (Å²) in [6.45, 7) is 8.62. The van der Waals surface area contributed by atoms with E-state index in [1.54, 1.807) is 0 Å². The summed E-state index contributed by atoms with van der Waals surface area (Å²) in [5.41, 5.74) is 15.4. The number of aryl methyl sites for hydroxylation is 4. The van der Waals surface area contributed by atoms with Crippen LogP contribution >= 0.6 is 23.5 Å². The third-order valence-electron chi connectivity index (χ3n) is 7.92. The fraction of sp³-hybridized carbons (Fsp3) is 0.122. The van der Waals surface area contributed by atoms with Gasteiger partial charge in [0.05, 0.1) is 0 Å². The fourth-order valence-electron chi connectivity index (χ4n) is 5.40. The number of thioether (sulfide) groups is 2. The molecule has 2 radical (unpaired) electrons. The van der Waals surface area contributed by atoms with Crippen LogP contribution in [0.2, 0.25) is 0 Å². The third kappa shape index (κ3) is 7.07. The Morgan fingerprint density at radius 1 is 0.364 bits per heavy atom. The molecule has 0 aliphatic carbocycles. The van der Waals surface area contributed by atoms with Crippen LogP contribution in [0.4, 0.5) is 0 Å². The Kier molecular flexibility index (Phi) is 9.77. The van der Waals surface area contributed by atoms with E-state index in [1.807, 2.05) is 23.5 Å². The van der Waals surface area contributed by atoms with E-state index >= 15 is 0 Å². The first-order valence-electron chi connectivity index (χ1n) is 14.9. The van der Waals surface area contributed by atoms with Crippen molar-refractivity contribution in [2.45, 2.75) is 39.8 Å². The van der Waals surface area contributed by atoms with Gasteiger partial charge in [-0.25, -0.2) is 0 Å².